The Labute approximate surface area is 165 Å². The summed E-state index contributed by atoms with van der Waals surface area (Å²) in [5.41, 5.74) is 9.56. The first kappa shape index (κ1) is 18.7. The van der Waals surface area contributed by atoms with E-state index in [9.17, 15) is 4.39 Å². The quantitative estimate of drug-likeness (QED) is 0.749. The van der Waals surface area contributed by atoms with E-state index >= 15 is 0 Å². The number of hydrogen-bond acceptors (Lipinski definition) is 4. The molecule has 1 aromatic carbocycles. The summed E-state index contributed by atoms with van der Waals surface area (Å²) in [5, 5.41) is 0. The lowest BCUT2D eigenvalue weighted by molar-refractivity contribution is 0.105. The number of allylic oxidation sites excluding steroid dienone is 2. The minimum absolute atomic E-state index is 0.0914. The number of pyridine rings is 1. The van der Waals surface area contributed by atoms with Crippen molar-refractivity contribution in [2.24, 2.45) is 29.4 Å². The van der Waals surface area contributed by atoms with Crippen LogP contribution in [0, 0.1) is 23.6 Å². The number of aromatic nitrogens is 1. The van der Waals surface area contributed by atoms with Gasteiger partial charge in [0.15, 0.2) is 0 Å². The molecule has 0 saturated heterocycles. The van der Waals surface area contributed by atoms with Crippen LogP contribution in [0.2, 0.25) is 0 Å². The van der Waals surface area contributed by atoms with E-state index in [0.29, 0.717) is 17.6 Å². The summed E-state index contributed by atoms with van der Waals surface area (Å²) in [6.07, 6.45) is 11.7. The molecule has 1 saturated carbocycles. The van der Waals surface area contributed by atoms with Crippen molar-refractivity contribution in [3.05, 3.63) is 71.6 Å². The van der Waals surface area contributed by atoms with Crippen LogP contribution in [0.5, 0.6) is 0 Å². The van der Waals surface area contributed by atoms with E-state index in [0.717, 1.165) is 28.9 Å². The average Bonchev–Trinajstić information content (AvgIpc) is 2.72. The third-order valence-corrected chi connectivity index (χ3v) is 6.08. The Bertz CT molecular complexity index is 891. The summed E-state index contributed by atoms with van der Waals surface area (Å²) < 4.78 is 13.4. The minimum atomic E-state index is -0.250. The van der Waals surface area contributed by atoms with Crippen LogP contribution in [-0.2, 0) is 4.84 Å². The Morgan fingerprint density at radius 1 is 1.11 bits per heavy atom. The van der Waals surface area contributed by atoms with Gasteiger partial charge in [0.2, 0.25) is 0 Å². The normalized spacial score (nSPS) is 25.0. The van der Waals surface area contributed by atoms with Gasteiger partial charge in [-0.15, -0.1) is 0 Å². The molecule has 2 aliphatic carbocycles. The van der Waals surface area contributed by atoms with Gasteiger partial charge in [-0.05, 0) is 60.9 Å². The summed E-state index contributed by atoms with van der Waals surface area (Å²) in [7, 11) is 0. The van der Waals surface area contributed by atoms with Crippen molar-refractivity contribution in [2.45, 2.75) is 32.1 Å². The highest BCUT2D eigenvalue weighted by Gasteiger charge is 2.38. The van der Waals surface area contributed by atoms with Crippen LogP contribution in [0.25, 0.3) is 17.2 Å². The van der Waals surface area contributed by atoms with E-state index in [1.54, 1.807) is 12.3 Å². The zero-order chi connectivity index (χ0) is 19.5. The second-order valence-electron chi connectivity index (χ2n) is 7.79. The molecule has 0 radical (unpaired) electrons. The summed E-state index contributed by atoms with van der Waals surface area (Å²) in [6, 6.07) is 10.4. The molecule has 3 unspecified atom stereocenters. The lowest BCUT2D eigenvalue weighted by Gasteiger charge is -2.40. The topological polar surface area (TPSA) is 74.2 Å². The van der Waals surface area contributed by atoms with Crippen molar-refractivity contribution in [3.63, 3.8) is 0 Å². The largest absolute Gasteiger partial charge is 0.414 e. The van der Waals surface area contributed by atoms with Crippen LogP contribution in [0.15, 0.2) is 60.1 Å². The maximum absolute atomic E-state index is 13.4. The fourth-order valence-electron chi connectivity index (χ4n) is 4.68. The minimum Gasteiger partial charge on any atom is -0.414 e. The molecular weight excluding hydrogens is 353 g/mol. The number of halogens is 1. The van der Waals surface area contributed by atoms with E-state index in [2.05, 4.69) is 11.1 Å². The standard InChI is InChI=1S/C23H26FN3O/c24-18-6-3-5-15(12-18)17-8-9-19(27-14-17)10-11-21-20-7-2-1-4-16(20)13-22(25)23(21)28-26/h3,5-6,8-12,14,16,20-21H,1-2,4,7,13,25-26H2/b11-10+. The Kier molecular flexibility index (Phi) is 5.44. The zero-order valence-corrected chi connectivity index (χ0v) is 15.9. The number of hydrogen-bond donors (Lipinski definition) is 2. The smallest absolute Gasteiger partial charge is 0.149 e. The van der Waals surface area contributed by atoms with E-state index in [-0.39, 0.29) is 11.7 Å². The van der Waals surface area contributed by atoms with Gasteiger partial charge in [-0.3, -0.25) is 4.98 Å². The highest BCUT2D eigenvalue weighted by atomic mass is 19.1. The second kappa shape index (κ2) is 8.15. The second-order valence-corrected chi connectivity index (χ2v) is 7.79. The van der Waals surface area contributed by atoms with Crippen molar-refractivity contribution >= 4 is 6.08 Å². The maximum atomic E-state index is 13.4. The Morgan fingerprint density at radius 2 is 1.96 bits per heavy atom. The lowest BCUT2D eigenvalue weighted by atomic mass is 9.66. The molecule has 5 heteroatoms. The van der Waals surface area contributed by atoms with Gasteiger partial charge in [-0.1, -0.05) is 37.1 Å². The summed E-state index contributed by atoms with van der Waals surface area (Å²) >= 11 is 0. The van der Waals surface area contributed by atoms with Gasteiger partial charge in [0, 0.05) is 23.4 Å². The van der Waals surface area contributed by atoms with Gasteiger partial charge in [0.25, 0.3) is 0 Å². The molecule has 28 heavy (non-hydrogen) atoms. The molecule has 0 spiro atoms. The van der Waals surface area contributed by atoms with Crippen LogP contribution in [0.3, 0.4) is 0 Å². The van der Waals surface area contributed by atoms with E-state index in [1.165, 1.54) is 37.8 Å². The van der Waals surface area contributed by atoms with Crippen LogP contribution in [0.4, 0.5) is 4.39 Å². The third-order valence-electron chi connectivity index (χ3n) is 6.08. The van der Waals surface area contributed by atoms with Crippen molar-refractivity contribution in [2.75, 3.05) is 0 Å². The fourth-order valence-corrected chi connectivity index (χ4v) is 4.68. The van der Waals surface area contributed by atoms with Crippen LogP contribution in [-0.4, -0.2) is 4.98 Å². The van der Waals surface area contributed by atoms with Crippen molar-refractivity contribution in [1.82, 2.24) is 4.98 Å². The van der Waals surface area contributed by atoms with Crippen LogP contribution in [0.1, 0.15) is 37.8 Å². The number of benzene rings is 1. The highest BCUT2D eigenvalue weighted by Crippen LogP contribution is 2.46. The lowest BCUT2D eigenvalue weighted by Crippen LogP contribution is -2.35. The Hall–Kier alpha value is -2.66. The van der Waals surface area contributed by atoms with Crippen LogP contribution >= 0.6 is 0 Å². The third kappa shape index (κ3) is 3.80. The Balaban J connectivity index is 1.56. The average molecular weight is 379 g/mol. The molecule has 1 fully saturated rings. The molecular formula is C23H26FN3O. The molecule has 0 bridgehead atoms. The summed E-state index contributed by atoms with van der Waals surface area (Å²) in [4.78, 5) is 9.70. The molecule has 4 N–H and O–H groups in total. The predicted octanol–water partition coefficient (Wildman–Crippen LogP) is 4.79. The van der Waals surface area contributed by atoms with Crippen molar-refractivity contribution in [3.8, 4) is 11.1 Å². The van der Waals surface area contributed by atoms with E-state index in [1.807, 2.05) is 24.3 Å². The summed E-state index contributed by atoms with van der Waals surface area (Å²) in [5.74, 6) is 7.22. The van der Waals surface area contributed by atoms with Crippen molar-refractivity contribution < 1.29 is 9.23 Å². The number of nitrogens with zero attached hydrogens (tertiary/aromatic N) is 1. The first-order valence-corrected chi connectivity index (χ1v) is 9.91. The molecule has 1 heterocycles. The van der Waals surface area contributed by atoms with Gasteiger partial charge in [-0.25, -0.2) is 4.39 Å². The molecule has 4 nitrogen and oxygen atoms in total. The molecule has 3 atom stereocenters. The van der Waals surface area contributed by atoms with Gasteiger partial charge < -0.3 is 10.6 Å². The number of rotatable bonds is 4. The fraction of sp³-hybridized carbons (Fsp3) is 0.348. The van der Waals surface area contributed by atoms with E-state index in [4.69, 9.17) is 16.5 Å². The van der Waals surface area contributed by atoms with Gasteiger partial charge in [-0.2, -0.15) is 5.90 Å². The summed E-state index contributed by atoms with van der Waals surface area (Å²) in [6.45, 7) is 0. The molecule has 2 aromatic rings. The molecule has 0 aliphatic heterocycles. The highest BCUT2D eigenvalue weighted by molar-refractivity contribution is 5.63. The van der Waals surface area contributed by atoms with Gasteiger partial charge >= 0.3 is 0 Å². The SMILES string of the molecule is NOC1=C(N)CC2CCCCC2C1/C=C/c1ccc(-c2cccc(F)c2)cn1. The monoisotopic (exact) mass is 379 g/mol. The maximum Gasteiger partial charge on any atom is 0.149 e. The molecule has 1 aromatic heterocycles. The zero-order valence-electron chi connectivity index (χ0n) is 15.9. The first-order chi connectivity index (χ1) is 13.7. The molecule has 2 aliphatic rings. The molecule has 4 rings (SSSR count). The Morgan fingerprint density at radius 3 is 2.71 bits per heavy atom. The van der Waals surface area contributed by atoms with Gasteiger partial charge in [0.1, 0.15) is 11.6 Å². The predicted molar refractivity (Wildman–Crippen MR) is 109 cm³/mol. The number of fused-ring (bicyclic) bond motifs is 1. The number of nitrogens with two attached hydrogens (primary N) is 2. The van der Waals surface area contributed by atoms with Crippen LogP contribution < -0.4 is 11.6 Å². The van der Waals surface area contributed by atoms with Crippen molar-refractivity contribution in [1.29, 1.82) is 0 Å². The molecule has 0 amide bonds. The molecule has 146 valence electrons. The van der Waals surface area contributed by atoms with E-state index < -0.39 is 0 Å². The first-order valence-electron chi connectivity index (χ1n) is 9.91. The van der Waals surface area contributed by atoms with Gasteiger partial charge in [0.05, 0.1) is 5.69 Å².